The number of carbonyl (C=O) groups is 1. The van der Waals surface area contributed by atoms with Crippen LogP contribution in [0.25, 0.3) is 21.3 Å². The monoisotopic (exact) mass is 349 g/mol. The molecular formula is C19H15N3O2S. The maximum absolute atomic E-state index is 12.3. The van der Waals surface area contributed by atoms with Crippen molar-refractivity contribution < 1.29 is 9.53 Å². The molecule has 0 saturated carbocycles. The number of aromatic nitrogens is 3. The van der Waals surface area contributed by atoms with Crippen molar-refractivity contribution in [1.29, 1.82) is 0 Å². The van der Waals surface area contributed by atoms with Crippen molar-refractivity contribution in [1.82, 2.24) is 15.0 Å². The molecule has 4 rings (SSSR count). The molecule has 0 aliphatic rings. The molecule has 25 heavy (non-hydrogen) atoms. The number of para-hydroxylation sites is 1. The van der Waals surface area contributed by atoms with Crippen LogP contribution in [-0.2, 0) is 11.3 Å². The lowest BCUT2D eigenvalue weighted by molar-refractivity contribution is 0.0473. The molecule has 0 aliphatic heterocycles. The van der Waals surface area contributed by atoms with Crippen LogP contribution in [0, 0.1) is 13.8 Å². The maximum Gasteiger partial charge on any atom is 0.338 e. The average Bonchev–Trinajstić information content (AvgIpc) is 3.03. The number of hydrogen-bond acceptors (Lipinski definition) is 6. The second-order valence-corrected chi connectivity index (χ2v) is 6.86. The Bertz CT molecular complexity index is 1070. The van der Waals surface area contributed by atoms with E-state index in [0.29, 0.717) is 11.1 Å². The Morgan fingerprint density at radius 1 is 0.960 bits per heavy atom. The number of aryl methyl sites for hydroxylation is 2. The molecule has 0 radical (unpaired) electrons. The second kappa shape index (κ2) is 6.22. The average molecular weight is 349 g/mol. The van der Waals surface area contributed by atoms with Gasteiger partial charge < -0.3 is 4.74 Å². The van der Waals surface area contributed by atoms with Crippen molar-refractivity contribution in [3.63, 3.8) is 0 Å². The highest BCUT2D eigenvalue weighted by molar-refractivity contribution is 7.18. The van der Waals surface area contributed by atoms with Crippen LogP contribution in [0.2, 0.25) is 0 Å². The number of ether oxygens (including phenoxy) is 1. The molecule has 0 amide bonds. The van der Waals surface area contributed by atoms with Crippen LogP contribution in [0.15, 0.2) is 42.5 Å². The number of thiazole rings is 1. The first-order valence-corrected chi connectivity index (χ1v) is 8.68. The molecule has 2 aromatic carbocycles. The van der Waals surface area contributed by atoms with Gasteiger partial charge in [0.25, 0.3) is 0 Å². The van der Waals surface area contributed by atoms with E-state index in [4.69, 9.17) is 4.74 Å². The van der Waals surface area contributed by atoms with Gasteiger partial charge in [-0.05, 0) is 44.2 Å². The third-order valence-electron chi connectivity index (χ3n) is 3.98. The lowest BCUT2D eigenvalue weighted by Crippen LogP contribution is -2.05. The third kappa shape index (κ3) is 3.08. The van der Waals surface area contributed by atoms with Gasteiger partial charge in [-0.1, -0.05) is 12.1 Å². The van der Waals surface area contributed by atoms with Gasteiger partial charge in [0.2, 0.25) is 0 Å². The molecule has 0 fully saturated rings. The molecule has 2 aromatic heterocycles. The van der Waals surface area contributed by atoms with Crippen molar-refractivity contribution in [2.24, 2.45) is 0 Å². The molecule has 4 aromatic rings. The van der Waals surface area contributed by atoms with Crippen LogP contribution in [-0.4, -0.2) is 20.9 Å². The van der Waals surface area contributed by atoms with Gasteiger partial charge in [0, 0.05) is 0 Å². The third-order valence-corrected chi connectivity index (χ3v) is 4.99. The van der Waals surface area contributed by atoms with Crippen molar-refractivity contribution >= 4 is 38.6 Å². The second-order valence-electron chi connectivity index (χ2n) is 5.75. The minimum absolute atomic E-state index is 0.162. The van der Waals surface area contributed by atoms with E-state index >= 15 is 0 Å². The summed E-state index contributed by atoms with van der Waals surface area (Å²) in [6.07, 6.45) is 0. The molecule has 0 N–H and O–H groups in total. The Labute approximate surface area is 148 Å². The normalized spacial score (nSPS) is 11.1. The van der Waals surface area contributed by atoms with Gasteiger partial charge in [-0.25, -0.2) is 19.7 Å². The van der Waals surface area contributed by atoms with Crippen LogP contribution in [0.4, 0.5) is 0 Å². The van der Waals surface area contributed by atoms with Gasteiger partial charge >= 0.3 is 5.97 Å². The van der Waals surface area contributed by atoms with Crippen molar-refractivity contribution in [3.8, 4) is 0 Å². The zero-order valence-electron chi connectivity index (χ0n) is 13.8. The summed E-state index contributed by atoms with van der Waals surface area (Å²) in [6.45, 7) is 3.98. The molecule has 0 saturated heterocycles. The summed E-state index contributed by atoms with van der Waals surface area (Å²) in [5, 5.41) is 0.779. The zero-order chi connectivity index (χ0) is 17.4. The summed E-state index contributed by atoms with van der Waals surface area (Å²) < 4.78 is 6.49. The summed E-state index contributed by atoms with van der Waals surface area (Å²) >= 11 is 1.53. The van der Waals surface area contributed by atoms with E-state index in [1.54, 1.807) is 18.2 Å². The first-order valence-electron chi connectivity index (χ1n) is 7.87. The summed E-state index contributed by atoms with van der Waals surface area (Å²) in [5.41, 5.74) is 4.59. The Kier molecular flexibility index (Phi) is 3.89. The molecular weight excluding hydrogens is 334 g/mol. The number of benzene rings is 2. The quantitative estimate of drug-likeness (QED) is 0.518. The standard InChI is InChI=1S/C19H15N3O2S/c1-11-12(2)21-16-9-13(7-8-14(16)20-11)19(23)24-10-18-22-15-5-3-4-6-17(15)25-18/h3-9H,10H2,1-2H3. The van der Waals surface area contributed by atoms with Crippen LogP contribution in [0.1, 0.15) is 26.8 Å². The molecule has 6 heteroatoms. The smallest absolute Gasteiger partial charge is 0.338 e. The van der Waals surface area contributed by atoms with Crippen molar-refractivity contribution in [3.05, 3.63) is 64.4 Å². The lowest BCUT2D eigenvalue weighted by Gasteiger charge is -2.05. The van der Waals surface area contributed by atoms with E-state index in [0.717, 1.165) is 32.1 Å². The van der Waals surface area contributed by atoms with E-state index in [9.17, 15) is 4.79 Å². The van der Waals surface area contributed by atoms with Crippen molar-refractivity contribution in [2.75, 3.05) is 0 Å². The summed E-state index contributed by atoms with van der Waals surface area (Å²) in [4.78, 5) is 25.8. The Balaban J connectivity index is 1.54. The molecule has 0 atom stereocenters. The van der Waals surface area contributed by atoms with Gasteiger partial charge in [0.15, 0.2) is 0 Å². The minimum Gasteiger partial charge on any atom is -0.455 e. The van der Waals surface area contributed by atoms with Crippen LogP contribution < -0.4 is 0 Å². The lowest BCUT2D eigenvalue weighted by atomic mass is 10.2. The summed E-state index contributed by atoms with van der Waals surface area (Å²) in [7, 11) is 0. The number of fused-ring (bicyclic) bond motifs is 2. The molecule has 5 nitrogen and oxygen atoms in total. The van der Waals surface area contributed by atoms with Gasteiger partial charge in [-0.2, -0.15) is 0 Å². The Morgan fingerprint density at radius 3 is 2.52 bits per heavy atom. The van der Waals surface area contributed by atoms with Gasteiger partial charge in [0.1, 0.15) is 11.6 Å². The summed E-state index contributed by atoms with van der Waals surface area (Å²) in [5.74, 6) is -0.388. The minimum atomic E-state index is -0.388. The van der Waals surface area contributed by atoms with E-state index in [1.165, 1.54) is 11.3 Å². The van der Waals surface area contributed by atoms with Gasteiger partial charge in [0.05, 0.1) is 38.2 Å². The summed E-state index contributed by atoms with van der Waals surface area (Å²) in [6, 6.07) is 13.1. The number of esters is 1. The van der Waals surface area contributed by atoms with E-state index in [-0.39, 0.29) is 12.6 Å². The van der Waals surface area contributed by atoms with Crippen LogP contribution in [0.3, 0.4) is 0 Å². The van der Waals surface area contributed by atoms with Crippen molar-refractivity contribution in [2.45, 2.75) is 20.5 Å². The fourth-order valence-corrected chi connectivity index (χ4v) is 3.43. The first kappa shape index (κ1) is 15.7. The number of nitrogens with zero attached hydrogens (tertiary/aromatic N) is 3. The van der Waals surface area contributed by atoms with Gasteiger partial charge in [-0.3, -0.25) is 0 Å². The Morgan fingerprint density at radius 2 is 1.72 bits per heavy atom. The predicted octanol–water partition coefficient (Wildman–Crippen LogP) is 4.21. The molecule has 0 spiro atoms. The van der Waals surface area contributed by atoms with Crippen LogP contribution in [0.5, 0.6) is 0 Å². The molecule has 0 bridgehead atoms. The zero-order valence-corrected chi connectivity index (χ0v) is 14.6. The molecule has 124 valence electrons. The topological polar surface area (TPSA) is 65.0 Å². The van der Waals surface area contributed by atoms with E-state index < -0.39 is 0 Å². The SMILES string of the molecule is Cc1nc2ccc(C(=O)OCc3nc4ccccc4s3)cc2nc1C. The highest BCUT2D eigenvalue weighted by Crippen LogP contribution is 2.22. The molecule has 0 aliphatic carbocycles. The Hall–Kier alpha value is -2.86. The van der Waals surface area contributed by atoms with Crippen LogP contribution >= 0.6 is 11.3 Å². The number of rotatable bonds is 3. The molecule has 0 unspecified atom stereocenters. The number of hydrogen-bond donors (Lipinski definition) is 0. The van der Waals surface area contributed by atoms with Gasteiger partial charge in [-0.15, -0.1) is 11.3 Å². The largest absolute Gasteiger partial charge is 0.455 e. The fraction of sp³-hybridized carbons (Fsp3) is 0.158. The first-order chi connectivity index (χ1) is 12.1. The van der Waals surface area contributed by atoms with E-state index in [2.05, 4.69) is 15.0 Å². The highest BCUT2D eigenvalue weighted by Gasteiger charge is 2.12. The fourth-order valence-electron chi connectivity index (χ4n) is 2.55. The molecule has 2 heterocycles. The number of carbonyl (C=O) groups excluding carboxylic acids is 1. The maximum atomic E-state index is 12.3. The predicted molar refractivity (Wildman–Crippen MR) is 97.8 cm³/mol. The van der Waals surface area contributed by atoms with E-state index in [1.807, 2.05) is 38.1 Å². The highest BCUT2D eigenvalue weighted by atomic mass is 32.1.